The fourth-order valence-electron chi connectivity index (χ4n) is 2.21. The highest BCUT2D eigenvalue weighted by Gasteiger charge is 2.18. The fraction of sp³-hybridized carbons (Fsp3) is 0.143. The summed E-state index contributed by atoms with van der Waals surface area (Å²) in [5, 5.41) is 13.1. The van der Waals surface area contributed by atoms with Gasteiger partial charge >= 0.3 is 0 Å². The Balaban J connectivity index is 2.44. The molecule has 1 nitrogen and oxygen atoms in total. The lowest BCUT2D eigenvalue weighted by atomic mass is 10.0. The van der Waals surface area contributed by atoms with Gasteiger partial charge in [0.1, 0.15) is 5.75 Å². The molecule has 1 aliphatic heterocycles. The number of phenols is 1. The maximum Gasteiger partial charge on any atom is 0.123 e. The van der Waals surface area contributed by atoms with Crippen molar-refractivity contribution in [1.82, 2.24) is 0 Å². The van der Waals surface area contributed by atoms with E-state index in [0.717, 1.165) is 21.8 Å². The van der Waals surface area contributed by atoms with Crippen molar-refractivity contribution in [3.05, 3.63) is 51.9 Å². The zero-order valence-corrected chi connectivity index (χ0v) is 10.6. The second-order valence-corrected chi connectivity index (χ2v) is 5.65. The Labute approximate surface area is 109 Å². The Hall–Kier alpha value is -1.12. The van der Waals surface area contributed by atoms with E-state index in [2.05, 4.69) is 12.2 Å². The molecule has 1 atom stereocenters. The van der Waals surface area contributed by atoms with E-state index in [1.807, 2.05) is 36.0 Å². The van der Waals surface area contributed by atoms with Gasteiger partial charge in [-0.3, -0.25) is 0 Å². The molecule has 0 amide bonds. The van der Waals surface area contributed by atoms with Gasteiger partial charge in [0.25, 0.3) is 0 Å². The zero-order chi connectivity index (χ0) is 11.8. The number of aromatic hydroxyl groups is 1. The van der Waals surface area contributed by atoms with E-state index in [1.54, 1.807) is 6.07 Å². The van der Waals surface area contributed by atoms with E-state index >= 15 is 0 Å². The first kappa shape index (κ1) is 11.0. The molecule has 0 bridgehead atoms. The summed E-state index contributed by atoms with van der Waals surface area (Å²) in [7, 11) is 0. The maximum absolute atomic E-state index is 10.1. The molecule has 3 heteroatoms. The van der Waals surface area contributed by atoms with Crippen molar-refractivity contribution in [1.29, 1.82) is 0 Å². The third kappa shape index (κ3) is 1.92. The highest BCUT2D eigenvalue weighted by Crippen LogP contribution is 2.30. The number of thioether (sulfide) groups is 1. The molecule has 2 aliphatic rings. The standard InChI is InChI=1S/C14H11ClOS/c15-10-4-5-13-11(8-10)14-9(6-7-17-13)2-1-3-12(14)16/h1-6,8,13,16H,7H2. The lowest BCUT2D eigenvalue weighted by molar-refractivity contribution is 0.470. The van der Waals surface area contributed by atoms with E-state index in [4.69, 9.17) is 11.6 Å². The van der Waals surface area contributed by atoms with Crippen LogP contribution in [0.1, 0.15) is 0 Å². The van der Waals surface area contributed by atoms with Gasteiger partial charge < -0.3 is 5.11 Å². The van der Waals surface area contributed by atoms with Crippen LogP contribution >= 0.6 is 23.4 Å². The zero-order valence-electron chi connectivity index (χ0n) is 9.06. The van der Waals surface area contributed by atoms with E-state index in [0.29, 0.717) is 10.8 Å². The molecule has 0 radical (unpaired) electrons. The average Bonchev–Trinajstić information content (AvgIpc) is 2.49. The maximum atomic E-state index is 10.1. The predicted molar refractivity (Wildman–Crippen MR) is 74.6 cm³/mol. The first-order valence-electron chi connectivity index (χ1n) is 5.45. The third-order valence-corrected chi connectivity index (χ3v) is 4.34. The van der Waals surface area contributed by atoms with Crippen LogP contribution in [0, 0.1) is 0 Å². The molecule has 1 unspecified atom stereocenters. The van der Waals surface area contributed by atoms with Crippen LogP contribution in [0.15, 0.2) is 41.5 Å². The van der Waals surface area contributed by atoms with E-state index in [-0.39, 0.29) is 5.25 Å². The first-order chi connectivity index (χ1) is 8.25. The van der Waals surface area contributed by atoms with Crippen molar-refractivity contribution in [2.24, 2.45) is 0 Å². The minimum atomic E-state index is 0.281. The minimum Gasteiger partial charge on any atom is -0.507 e. The first-order valence-corrected chi connectivity index (χ1v) is 6.88. The number of hydrogen-bond donors (Lipinski definition) is 1. The molecule has 1 aromatic carbocycles. The molecule has 0 aromatic heterocycles. The van der Waals surface area contributed by atoms with Crippen molar-refractivity contribution >= 4 is 35.0 Å². The van der Waals surface area contributed by atoms with Gasteiger partial charge in [-0.2, -0.15) is 0 Å². The summed E-state index contributed by atoms with van der Waals surface area (Å²) in [5.74, 6) is 1.28. The van der Waals surface area contributed by atoms with Crippen molar-refractivity contribution in [3.8, 4) is 5.75 Å². The van der Waals surface area contributed by atoms with Crippen LogP contribution in [-0.2, 0) is 0 Å². The Bertz CT molecular complexity index is 643. The van der Waals surface area contributed by atoms with E-state index in [1.165, 1.54) is 0 Å². The van der Waals surface area contributed by atoms with Gasteiger partial charge in [-0.05, 0) is 29.0 Å². The fourth-order valence-corrected chi connectivity index (χ4v) is 3.43. The Morgan fingerprint density at radius 2 is 2.24 bits per heavy atom. The molecule has 1 aliphatic carbocycles. The Morgan fingerprint density at radius 1 is 1.35 bits per heavy atom. The van der Waals surface area contributed by atoms with Crippen molar-refractivity contribution in [2.75, 3.05) is 5.75 Å². The van der Waals surface area contributed by atoms with Crippen LogP contribution in [0.5, 0.6) is 5.75 Å². The number of allylic oxidation sites excluding steroid dienone is 3. The van der Waals surface area contributed by atoms with Gasteiger partial charge in [-0.25, -0.2) is 0 Å². The number of fused-ring (bicyclic) bond motifs is 2. The van der Waals surface area contributed by atoms with Crippen LogP contribution in [0.4, 0.5) is 0 Å². The van der Waals surface area contributed by atoms with Crippen molar-refractivity contribution in [3.63, 3.8) is 0 Å². The summed E-state index contributed by atoms with van der Waals surface area (Å²) >= 11 is 7.90. The number of benzene rings is 1. The average molecular weight is 263 g/mol. The number of hydrogen-bond acceptors (Lipinski definition) is 2. The third-order valence-electron chi connectivity index (χ3n) is 2.97. The molecule has 17 heavy (non-hydrogen) atoms. The predicted octanol–water partition coefficient (Wildman–Crippen LogP) is 2.13. The molecule has 1 heterocycles. The van der Waals surface area contributed by atoms with Crippen LogP contribution in [0.3, 0.4) is 0 Å². The molecule has 1 N–H and O–H groups in total. The van der Waals surface area contributed by atoms with E-state index < -0.39 is 0 Å². The Kier molecular flexibility index (Phi) is 2.77. The van der Waals surface area contributed by atoms with Crippen molar-refractivity contribution < 1.29 is 5.11 Å². The number of phenolic OH excluding ortho intramolecular Hbond substituents is 1. The topological polar surface area (TPSA) is 20.2 Å². The lowest BCUT2D eigenvalue weighted by Gasteiger charge is -2.16. The van der Waals surface area contributed by atoms with Crippen LogP contribution in [0.2, 0.25) is 0 Å². The molecular weight excluding hydrogens is 252 g/mol. The van der Waals surface area contributed by atoms with Gasteiger partial charge in [0.2, 0.25) is 0 Å². The molecule has 0 saturated heterocycles. The number of halogens is 1. The van der Waals surface area contributed by atoms with Gasteiger partial charge in [-0.15, -0.1) is 11.8 Å². The smallest absolute Gasteiger partial charge is 0.123 e. The normalized spacial score (nSPS) is 22.1. The largest absolute Gasteiger partial charge is 0.507 e. The molecule has 0 spiro atoms. The monoisotopic (exact) mass is 262 g/mol. The minimum absolute atomic E-state index is 0.281. The van der Waals surface area contributed by atoms with Crippen molar-refractivity contribution in [2.45, 2.75) is 5.25 Å². The summed E-state index contributed by atoms with van der Waals surface area (Å²) in [5.41, 5.74) is 1.10. The molecule has 86 valence electrons. The van der Waals surface area contributed by atoms with Crippen LogP contribution in [0.25, 0.3) is 11.6 Å². The SMILES string of the molecule is Oc1cccc2c1=C1C=C(Cl)C=CC1SCC=2. The Morgan fingerprint density at radius 3 is 3.12 bits per heavy atom. The molecule has 1 aromatic rings. The highest BCUT2D eigenvalue weighted by molar-refractivity contribution is 8.00. The summed E-state index contributed by atoms with van der Waals surface area (Å²) < 4.78 is 0. The second kappa shape index (κ2) is 4.28. The van der Waals surface area contributed by atoms with Gasteiger partial charge in [0.15, 0.2) is 0 Å². The summed E-state index contributed by atoms with van der Waals surface area (Å²) in [6.45, 7) is 0. The molecule has 0 saturated carbocycles. The van der Waals surface area contributed by atoms with E-state index in [9.17, 15) is 5.11 Å². The second-order valence-electron chi connectivity index (χ2n) is 4.04. The van der Waals surface area contributed by atoms with Gasteiger partial charge in [0, 0.05) is 21.3 Å². The summed E-state index contributed by atoms with van der Waals surface area (Å²) in [4.78, 5) is 0. The lowest BCUT2D eigenvalue weighted by Crippen LogP contribution is -2.28. The van der Waals surface area contributed by atoms with Gasteiger partial charge in [0.05, 0.1) is 0 Å². The summed E-state index contributed by atoms with van der Waals surface area (Å²) in [6.07, 6.45) is 8.13. The highest BCUT2D eigenvalue weighted by atomic mass is 35.5. The number of rotatable bonds is 0. The van der Waals surface area contributed by atoms with Crippen LogP contribution in [-0.4, -0.2) is 16.1 Å². The molecule has 0 fully saturated rings. The quantitative estimate of drug-likeness (QED) is 0.773. The summed E-state index contributed by atoms with van der Waals surface area (Å²) in [6, 6.07) is 5.64. The molecule has 3 rings (SSSR count). The van der Waals surface area contributed by atoms with Crippen LogP contribution < -0.4 is 10.4 Å². The van der Waals surface area contributed by atoms with Gasteiger partial charge in [-0.1, -0.05) is 35.9 Å². The molecular formula is C14H11ClOS.